The molecule has 0 saturated carbocycles. The normalized spacial score (nSPS) is 11.3. The highest BCUT2D eigenvalue weighted by Crippen LogP contribution is 2.28. The number of rotatable bonds is 4. The van der Waals surface area contributed by atoms with Crippen LogP contribution in [0.5, 0.6) is 11.5 Å². The predicted molar refractivity (Wildman–Crippen MR) is 82.5 cm³/mol. The summed E-state index contributed by atoms with van der Waals surface area (Å²) < 4.78 is 28.3. The lowest BCUT2D eigenvalue weighted by atomic mass is 10.2. The molecule has 0 saturated heterocycles. The second-order valence-corrected chi connectivity index (χ2v) is 7.56. The lowest BCUT2D eigenvalue weighted by Crippen LogP contribution is -1.95. The van der Waals surface area contributed by atoms with Gasteiger partial charge in [-0.25, -0.2) is 8.42 Å². The zero-order valence-corrected chi connectivity index (χ0v) is 13.3. The quantitative estimate of drug-likeness (QED) is 0.615. The van der Waals surface area contributed by atoms with E-state index in [2.05, 4.69) is 0 Å². The molecule has 2 aromatic rings. The number of aryl methyl sites for hydroxylation is 1. The summed E-state index contributed by atoms with van der Waals surface area (Å²) in [5.74, 6) is 1.27. The highest BCUT2D eigenvalue weighted by atomic mass is 35.7. The van der Waals surface area contributed by atoms with Gasteiger partial charge in [-0.05, 0) is 61.2 Å². The molecule has 0 bridgehead atoms. The minimum atomic E-state index is -3.72. The Hall–Kier alpha value is -1.17. The molecule has 20 heavy (non-hydrogen) atoms. The number of hydrogen-bond acceptors (Lipinski definition) is 4. The maximum Gasteiger partial charge on any atom is 0.261 e. The molecule has 0 heterocycles. The van der Waals surface area contributed by atoms with Crippen LogP contribution in [-0.2, 0) is 9.05 Å². The van der Waals surface area contributed by atoms with Gasteiger partial charge in [0.15, 0.2) is 0 Å². The van der Waals surface area contributed by atoms with Crippen molar-refractivity contribution in [2.24, 2.45) is 0 Å². The summed E-state index contributed by atoms with van der Waals surface area (Å²) >= 11 is 1.65. The largest absolute Gasteiger partial charge is 0.457 e. The van der Waals surface area contributed by atoms with E-state index in [1.807, 2.05) is 30.5 Å². The van der Waals surface area contributed by atoms with E-state index in [0.717, 1.165) is 4.90 Å². The van der Waals surface area contributed by atoms with Gasteiger partial charge >= 0.3 is 0 Å². The summed E-state index contributed by atoms with van der Waals surface area (Å²) in [5, 5.41) is 0. The van der Waals surface area contributed by atoms with Crippen molar-refractivity contribution in [3.8, 4) is 11.5 Å². The second kappa shape index (κ2) is 6.08. The molecule has 0 radical (unpaired) electrons. The van der Waals surface area contributed by atoms with E-state index < -0.39 is 9.05 Å². The van der Waals surface area contributed by atoms with Gasteiger partial charge in [-0.3, -0.25) is 0 Å². The van der Waals surface area contributed by atoms with E-state index in [4.69, 9.17) is 15.4 Å². The van der Waals surface area contributed by atoms with Gasteiger partial charge in [0.05, 0.1) is 4.90 Å². The van der Waals surface area contributed by atoms with Crippen LogP contribution >= 0.6 is 22.4 Å². The van der Waals surface area contributed by atoms with Gasteiger partial charge in [-0.2, -0.15) is 0 Å². The summed E-state index contributed by atoms with van der Waals surface area (Å²) in [6, 6.07) is 12.3. The minimum absolute atomic E-state index is 0.101. The molecule has 0 aromatic heterocycles. The van der Waals surface area contributed by atoms with Crippen LogP contribution in [0.15, 0.2) is 52.3 Å². The molecule has 0 aliphatic heterocycles. The lowest BCUT2D eigenvalue weighted by Gasteiger charge is -2.08. The number of thioether (sulfide) groups is 1. The van der Waals surface area contributed by atoms with E-state index in [1.54, 1.807) is 30.8 Å². The van der Waals surface area contributed by atoms with Crippen molar-refractivity contribution in [2.75, 3.05) is 6.26 Å². The molecule has 0 fully saturated rings. The fourth-order valence-corrected chi connectivity index (χ4v) is 3.34. The van der Waals surface area contributed by atoms with Crippen molar-refractivity contribution < 1.29 is 13.2 Å². The Morgan fingerprint density at radius 1 is 1.05 bits per heavy atom. The summed E-state index contributed by atoms with van der Waals surface area (Å²) in [5.41, 5.74) is 0.554. The molecule has 0 atom stereocenters. The fraction of sp³-hybridized carbons (Fsp3) is 0.143. The molecule has 0 unspecified atom stereocenters. The fourth-order valence-electron chi connectivity index (χ4n) is 1.74. The van der Waals surface area contributed by atoms with Gasteiger partial charge in [0.25, 0.3) is 9.05 Å². The summed E-state index contributed by atoms with van der Waals surface area (Å²) in [7, 11) is 1.62. The van der Waals surface area contributed by atoms with Crippen molar-refractivity contribution in [1.82, 2.24) is 0 Å². The third-order valence-corrected chi connectivity index (χ3v) is 4.93. The standard InChI is InChI=1S/C14H13ClO3S2/c1-10-9-12(5-8-14(10)20(15,16)17)18-11-3-6-13(19-2)7-4-11/h3-9H,1-2H3. The molecule has 6 heteroatoms. The second-order valence-electron chi connectivity index (χ2n) is 4.14. The van der Waals surface area contributed by atoms with Gasteiger partial charge in [-0.1, -0.05) is 0 Å². The number of hydrogen-bond donors (Lipinski definition) is 0. The van der Waals surface area contributed by atoms with Gasteiger partial charge < -0.3 is 4.74 Å². The topological polar surface area (TPSA) is 43.4 Å². The SMILES string of the molecule is CSc1ccc(Oc2ccc(S(=O)(=O)Cl)c(C)c2)cc1. The summed E-state index contributed by atoms with van der Waals surface area (Å²) in [4.78, 5) is 1.25. The monoisotopic (exact) mass is 328 g/mol. The Labute approximate surface area is 127 Å². The Bertz CT molecular complexity index is 710. The van der Waals surface area contributed by atoms with Crippen LogP contribution in [0.2, 0.25) is 0 Å². The third-order valence-electron chi connectivity index (χ3n) is 2.70. The van der Waals surface area contributed by atoms with Crippen LogP contribution < -0.4 is 4.74 Å². The van der Waals surface area contributed by atoms with E-state index >= 15 is 0 Å². The minimum Gasteiger partial charge on any atom is -0.457 e. The Kier molecular flexibility index (Phi) is 4.62. The summed E-state index contributed by atoms with van der Waals surface area (Å²) in [6.45, 7) is 1.68. The van der Waals surface area contributed by atoms with Gasteiger partial charge in [0.2, 0.25) is 0 Å². The van der Waals surface area contributed by atoms with Gasteiger partial charge in [-0.15, -0.1) is 11.8 Å². The first-order valence-electron chi connectivity index (χ1n) is 5.77. The van der Waals surface area contributed by atoms with E-state index in [0.29, 0.717) is 17.1 Å². The Balaban J connectivity index is 2.24. The van der Waals surface area contributed by atoms with Gasteiger partial charge in [0, 0.05) is 15.6 Å². The van der Waals surface area contributed by atoms with E-state index in [1.165, 1.54) is 6.07 Å². The average Bonchev–Trinajstić information content (AvgIpc) is 2.38. The molecule has 0 aliphatic carbocycles. The number of ether oxygens (including phenoxy) is 1. The maximum absolute atomic E-state index is 11.3. The molecule has 0 aliphatic rings. The number of halogens is 1. The Morgan fingerprint density at radius 2 is 1.65 bits per heavy atom. The van der Waals surface area contributed by atoms with Crippen molar-refractivity contribution >= 4 is 31.5 Å². The first-order chi connectivity index (χ1) is 9.40. The first-order valence-corrected chi connectivity index (χ1v) is 9.31. The maximum atomic E-state index is 11.3. The van der Waals surface area contributed by atoms with Crippen LogP contribution in [-0.4, -0.2) is 14.7 Å². The molecule has 2 aromatic carbocycles. The molecule has 106 valence electrons. The molecule has 0 amide bonds. The first kappa shape index (κ1) is 15.2. The van der Waals surface area contributed by atoms with Crippen molar-refractivity contribution in [3.63, 3.8) is 0 Å². The van der Waals surface area contributed by atoms with Gasteiger partial charge in [0.1, 0.15) is 11.5 Å². The third kappa shape index (κ3) is 3.69. The predicted octanol–water partition coefficient (Wildman–Crippen LogP) is 4.44. The molecule has 2 rings (SSSR count). The van der Waals surface area contributed by atoms with E-state index in [-0.39, 0.29) is 4.90 Å². The van der Waals surface area contributed by atoms with Crippen molar-refractivity contribution in [1.29, 1.82) is 0 Å². The molecular formula is C14H13ClO3S2. The highest BCUT2D eigenvalue weighted by molar-refractivity contribution is 8.13. The van der Waals surface area contributed by atoms with Crippen molar-refractivity contribution in [3.05, 3.63) is 48.0 Å². The van der Waals surface area contributed by atoms with Crippen LogP contribution in [0.4, 0.5) is 0 Å². The van der Waals surface area contributed by atoms with Crippen LogP contribution in [0, 0.1) is 6.92 Å². The van der Waals surface area contributed by atoms with Crippen LogP contribution in [0.25, 0.3) is 0 Å². The molecule has 0 spiro atoms. The zero-order valence-electron chi connectivity index (χ0n) is 11.0. The number of benzene rings is 2. The van der Waals surface area contributed by atoms with Crippen molar-refractivity contribution in [2.45, 2.75) is 16.7 Å². The average molecular weight is 329 g/mol. The summed E-state index contributed by atoms with van der Waals surface area (Å²) in [6.07, 6.45) is 2.00. The highest BCUT2D eigenvalue weighted by Gasteiger charge is 2.13. The van der Waals surface area contributed by atoms with Crippen LogP contribution in [0.1, 0.15) is 5.56 Å². The molecule has 0 N–H and O–H groups in total. The molecular weight excluding hydrogens is 316 g/mol. The lowest BCUT2D eigenvalue weighted by molar-refractivity contribution is 0.481. The smallest absolute Gasteiger partial charge is 0.261 e. The van der Waals surface area contributed by atoms with E-state index in [9.17, 15) is 8.42 Å². The Morgan fingerprint density at radius 3 is 2.15 bits per heavy atom. The zero-order chi connectivity index (χ0) is 14.8. The van der Waals surface area contributed by atoms with Crippen LogP contribution in [0.3, 0.4) is 0 Å². The molecule has 3 nitrogen and oxygen atoms in total.